The van der Waals surface area contributed by atoms with Crippen LogP contribution in [0.3, 0.4) is 0 Å². The van der Waals surface area contributed by atoms with Gasteiger partial charge in [0.2, 0.25) is 6.39 Å². The van der Waals surface area contributed by atoms with Gasteiger partial charge in [0.05, 0.1) is 4.92 Å². The van der Waals surface area contributed by atoms with Gasteiger partial charge in [-0.05, 0) is 0 Å². The van der Waals surface area contributed by atoms with E-state index in [2.05, 4.69) is 25.0 Å². The Morgan fingerprint density at radius 3 is 2.90 bits per heavy atom. The molecule has 0 fully saturated rings. The van der Waals surface area contributed by atoms with Crippen molar-refractivity contribution >= 4 is 17.5 Å². The Morgan fingerprint density at radius 2 is 2.30 bits per heavy atom. The Bertz CT molecular complexity index is 627. The number of nitrogens with zero attached hydrogens (tertiary/aromatic N) is 4. The Morgan fingerprint density at radius 1 is 1.50 bits per heavy atom. The molecule has 2 N–H and O–H groups in total. The van der Waals surface area contributed by atoms with Gasteiger partial charge in [-0.2, -0.15) is 4.98 Å². The quantitative estimate of drug-likeness (QED) is 0.577. The lowest BCUT2D eigenvalue weighted by Gasteiger charge is -2.05. The predicted molar refractivity (Wildman–Crippen MR) is 64.3 cm³/mol. The van der Waals surface area contributed by atoms with Crippen molar-refractivity contribution in [3.8, 4) is 0 Å². The second kappa shape index (κ2) is 5.73. The third kappa shape index (κ3) is 3.04. The fraction of sp³-hybridized carbons (Fsp3) is 0.200. The molecule has 0 aliphatic carbocycles. The molecule has 0 saturated heterocycles. The minimum atomic E-state index is -1.39. The van der Waals surface area contributed by atoms with E-state index in [1.807, 2.05) is 0 Å². The van der Waals surface area contributed by atoms with Gasteiger partial charge in [0.25, 0.3) is 0 Å². The first kappa shape index (κ1) is 13.4. The van der Waals surface area contributed by atoms with Crippen LogP contribution in [0.1, 0.15) is 16.2 Å². The molecule has 104 valence electrons. The minimum Gasteiger partial charge on any atom is -0.477 e. The van der Waals surface area contributed by atoms with E-state index in [1.165, 1.54) is 6.39 Å². The van der Waals surface area contributed by atoms with Crippen molar-refractivity contribution in [1.29, 1.82) is 0 Å². The molecular formula is C10H9N5O5. The molecule has 0 bridgehead atoms. The molecule has 2 aromatic rings. The maximum atomic E-state index is 10.9. The van der Waals surface area contributed by atoms with Gasteiger partial charge >= 0.3 is 11.7 Å². The molecule has 0 amide bonds. The highest BCUT2D eigenvalue weighted by Gasteiger charge is 2.20. The van der Waals surface area contributed by atoms with Gasteiger partial charge in [-0.3, -0.25) is 10.1 Å². The summed E-state index contributed by atoms with van der Waals surface area (Å²) in [7, 11) is 0. The maximum Gasteiger partial charge on any atom is 0.342 e. The molecule has 0 unspecified atom stereocenters. The number of carboxylic acids is 1. The molecule has 0 atom stereocenters. The minimum absolute atomic E-state index is 0.219. The molecular weight excluding hydrogens is 270 g/mol. The topological polar surface area (TPSA) is 144 Å². The SMILES string of the molecule is O=C(O)c1cc(NCCc2ncon2)ncc1[N+](=O)[O-]. The highest BCUT2D eigenvalue weighted by molar-refractivity contribution is 5.93. The second-order valence-corrected chi connectivity index (χ2v) is 3.67. The average molecular weight is 279 g/mol. The molecule has 2 rings (SSSR count). The van der Waals surface area contributed by atoms with Crippen LogP contribution in [0.4, 0.5) is 11.5 Å². The summed E-state index contributed by atoms with van der Waals surface area (Å²) in [5.41, 5.74) is -0.978. The van der Waals surface area contributed by atoms with E-state index < -0.39 is 22.1 Å². The Kier molecular flexibility index (Phi) is 3.84. The van der Waals surface area contributed by atoms with E-state index in [0.717, 1.165) is 12.3 Å². The zero-order valence-electron chi connectivity index (χ0n) is 10.0. The summed E-state index contributed by atoms with van der Waals surface area (Å²) in [6.45, 7) is 0.378. The van der Waals surface area contributed by atoms with Crippen LogP contribution in [0.5, 0.6) is 0 Å². The molecule has 2 aromatic heterocycles. The van der Waals surface area contributed by atoms with Gasteiger partial charge in [0.1, 0.15) is 17.6 Å². The predicted octanol–water partition coefficient (Wildman–Crippen LogP) is 0.726. The van der Waals surface area contributed by atoms with Crippen LogP contribution in [0, 0.1) is 10.1 Å². The molecule has 0 spiro atoms. The second-order valence-electron chi connectivity index (χ2n) is 3.67. The van der Waals surface area contributed by atoms with Crippen molar-refractivity contribution in [2.24, 2.45) is 0 Å². The first-order valence-electron chi connectivity index (χ1n) is 5.45. The number of carbonyl (C=O) groups is 1. The molecule has 10 nitrogen and oxygen atoms in total. The molecule has 0 aliphatic rings. The number of nitro groups is 1. The molecule has 0 saturated carbocycles. The van der Waals surface area contributed by atoms with Crippen LogP contribution >= 0.6 is 0 Å². The van der Waals surface area contributed by atoms with Crippen molar-refractivity contribution in [3.05, 3.63) is 40.2 Å². The number of hydrogen-bond acceptors (Lipinski definition) is 8. The van der Waals surface area contributed by atoms with Crippen molar-refractivity contribution in [1.82, 2.24) is 15.1 Å². The summed E-state index contributed by atoms with van der Waals surface area (Å²) in [5.74, 6) is -0.685. The van der Waals surface area contributed by atoms with Gasteiger partial charge < -0.3 is 14.9 Å². The first-order valence-corrected chi connectivity index (χ1v) is 5.45. The third-order valence-corrected chi connectivity index (χ3v) is 2.37. The van der Waals surface area contributed by atoms with E-state index >= 15 is 0 Å². The molecule has 10 heteroatoms. The summed E-state index contributed by atoms with van der Waals surface area (Å²) in [4.78, 5) is 28.4. The number of carboxylic acid groups (broad SMARTS) is 1. The fourth-order valence-electron chi connectivity index (χ4n) is 1.47. The van der Waals surface area contributed by atoms with E-state index in [-0.39, 0.29) is 5.82 Å². The standard InChI is InChI=1S/C10H9N5O5/c16-10(17)6-3-9(12-4-7(6)15(18)19)11-2-1-8-13-5-20-14-8/h3-5H,1-2H2,(H,11,12)(H,16,17). The van der Waals surface area contributed by atoms with E-state index in [9.17, 15) is 14.9 Å². The van der Waals surface area contributed by atoms with Crippen molar-refractivity contribution in [2.45, 2.75) is 6.42 Å². The third-order valence-electron chi connectivity index (χ3n) is 2.37. The number of hydrogen-bond donors (Lipinski definition) is 2. The average Bonchev–Trinajstić information content (AvgIpc) is 2.91. The van der Waals surface area contributed by atoms with E-state index in [1.54, 1.807) is 0 Å². The lowest BCUT2D eigenvalue weighted by atomic mass is 10.2. The summed E-state index contributed by atoms with van der Waals surface area (Å²) in [6, 6.07) is 1.11. The molecule has 0 aromatic carbocycles. The van der Waals surface area contributed by atoms with Crippen molar-refractivity contribution in [2.75, 3.05) is 11.9 Å². The smallest absolute Gasteiger partial charge is 0.342 e. The van der Waals surface area contributed by atoms with Gasteiger partial charge in [0.15, 0.2) is 5.82 Å². The maximum absolute atomic E-state index is 10.9. The normalized spacial score (nSPS) is 10.2. The highest BCUT2D eigenvalue weighted by Crippen LogP contribution is 2.20. The van der Waals surface area contributed by atoms with Crippen LogP contribution in [0.25, 0.3) is 0 Å². The van der Waals surface area contributed by atoms with E-state index in [4.69, 9.17) is 5.11 Å². The van der Waals surface area contributed by atoms with E-state index in [0.29, 0.717) is 18.8 Å². The summed E-state index contributed by atoms with van der Waals surface area (Å²) in [5, 5.41) is 26.0. The number of rotatable bonds is 6. The number of nitrogens with one attached hydrogen (secondary N) is 1. The Hall–Kier alpha value is -3.04. The number of anilines is 1. The van der Waals surface area contributed by atoms with Gasteiger partial charge in [-0.15, -0.1) is 0 Å². The van der Waals surface area contributed by atoms with Crippen LogP contribution in [-0.4, -0.2) is 37.7 Å². The van der Waals surface area contributed by atoms with Crippen molar-refractivity contribution in [3.63, 3.8) is 0 Å². The van der Waals surface area contributed by atoms with Gasteiger partial charge in [-0.25, -0.2) is 9.78 Å². The van der Waals surface area contributed by atoms with Crippen LogP contribution in [0.15, 0.2) is 23.2 Å². The van der Waals surface area contributed by atoms with Crippen LogP contribution in [-0.2, 0) is 6.42 Å². The van der Waals surface area contributed by atoms with Crippen molar-refractivity contribution < 1.29 is 19.3 Å². The Labute approximate surface area is 111 Å². The monoisotopic (exact) mass is 279 g/mol. The number of aromatic nitrogens is 3. The molecule has 2 heterocycles. The molecule has 0 aliphatic heterocycles. The fourth-order valence-corrected chi connectivity index (χ4v) is 1.47. The summed E-state index contributed by atoms with van der Waals surface area (Å²) in [6.07, 6.45) is 2.54. The lowest BCUT2D eigenvalue weighted by Crippen LogP contribution is -2.10. The highest BCUT2D eigenvalue weighted by atomic mass is 16.6. The number of pyridine rings is 1. The summed E-state index contributed by atoms with van der Waals surface area (Å²) >= 11 is 0. The lowest BCUT2D eigenvalue weighted by molar-refractivity contribution is -0.385. The molecule has 0 radical (unpaired) electrons. The largest absolute Gasteiger partial charge is 0.477 e. The number of aromatic carboxylic acids is 1. The van der Waals surface area contributed by atoms with Gasteiger partial charge in [-0.1, -0.05) is 5.16 Å². The van der Waals surface area contributed by atoms with Crippen LogP contribution < -0.4 is 5.32 Å². The zero-order valence-corrected chi connectivity index (χ0v) is 10.0. The summed E-state index contributed by atoms with van der Waals surface area (Å²) < 4.78 is 4.55. The first-order chi connectivity index (χ1) is 9.58. The molecule has 20 heavy (non-hydrogen) atoms. The zero-order chi connectivity index (χ0) is 14.5. The Balaban J connectivity index is 2.07. The van der Waals surface area contributed by atoms with Crippen LogP contribution in [0.2, 0.25) is 0 Å². The van der Waals surface area contributed by atoms with Gasteiger partial charge in [0, 0.05) is 19.0 Å².